The van der Waals surface area contributed by atoms with Gasteiger partial charge >= 0.3 is 0 Å². The van der Waals surface area contributed by atoms with E-state index in [1.54, 1.807) is 6.07 Å². The van der Waals surface area contributed by atoms with E-state index in [-0.39, 0.29) is 10.9 Å². The van der Waals surface area contributed by atoms with Gasteiger partial charge in [-0.2, -0.15) is 0 Å². The average Bonchev–Trinajstić information content (AvgIpc) is 2.32. The van der Waals surface area contributed by atoms with E-state index in [2.05, 4.69) is 26.1 Å². The van der Waals surface area contributed by atoms with Crippen molar-refractivity contribution in [1.29, 1.82) is 0 Å². The van der Waals surface area contributed by atoms with E-state index in [1.807, 2.05) is 0 Å². The average molecular weight is 285 g/mol. The molecule has 1 unspecified atom stereocenters. The van der Waals surface area contributed by atoms with Crippen LogP contribution >= 0.6 is 0 Å². The highest BCUT2D eigenvalue weighted by atomic mass is 32.2. The molecule has 1 aromatic rings. The first-order valence-corrected chi connectivity index (χ1v) is 8.03. The molecule has 5 nitrogen and oxygen atoms in total. The number of benzene rings is 1. The zero-order valence-corrected chi connectivity index (χ0v) is 12.5. The summed E-state index contributed by atoms with van der Waals surface area (Å²) in [5, 5.41) is 8.39. The van der Waals surface area contributed by atoms with Gasteiger partial charge in [0.1, 0.15) is 0 Å². The van der Waals surface area contributed by atoms with E-state index in [4.69, 9.17) is 10.9 Å². The van der Waals surface area contributed by atoms with Crippen LogP contribution in [0.25, 0.3) is 0 Å². The molecule has 6 heteroatoms. The minimum Gasteiger partial charge on any atom is -0.397 e. The molecule has 1 rings (SSSR count). The van der Waals surface area contributed by atoms with E-state index >= 15 is 0 Å². The van der Waals surface area contributed by atoms with Gasteiger partial charge in [-0.3, -0.25) is 0 Å². The Kier molecular flexibility index (Phi) is 5.20. The van der Waals surface area contributed by atoms with Crippen molar-refractivity contribution < 1.29 is 8.42 Å². The van der Waals surface area contributed by atoms with Crippen molar-refractivity contribution in [2.75, 3.05) is 11.1 Å². The number of anilines is 2. The number of rotatable bonds is 6. The van der Waals surface area contributed by atoms with Crippen molar-refractivity contribution in [2.24, 2.45) is 11.1 Å². The van der Waals surface area contributed by atoms with E-state index in [0.717, 1.165) is 18.5 Å². The maximum atomic E-state index is 11.2. The zero-order valence-electron chi connectivity index (χ0n) is 11.7. The van der Waals surface area contributed by atoms with Crippen LogP contribution in [0.3, 0.4) is 0 Å². The van der Waals surface area contributed by atoms with Crippen LogP contribution in [0, 0.1) is 5.92 Å². The molecule has 0 spiro atoms. The second-order valence-corrected chi connectivity index (χ2v) is 6.37. The Morgan fingerprint density at radius 1 is 1.26 bits per heavy atom. The molecule has 0 heterocycles. The second-order valence-electron chi connectivity index (χ2n) is 4.80. The first-order chi connectivity index (χ1) is 8.79. The molecule has 1 atom stereocenters. The number of hydrogen-bond acceptors (Lipinski definition) is 4. The lowest BCUT2D eigenvalue weighted by Crippen LogP contribution is -2.25. The number of nitrogen functional groups attached to an aromatic ring is 1. The number of nitrogens with one attached hydrogen (secondary N) is 1. The van der Waals surface area contributed by atoms with Crippen molar-refractivity contribution in [2.45, 2.75) is 44.6 Å². The van der Waals surface area contributed by atoms with Gasteiger partial charge in [-0.25, -0.2) is 13.6 Å². The summed E-state index contributed by atoms with van der Waals surface area (Å²) >= 11 is 0. The lowest BCUT2D eigenvalue weighted by molar-refractivity contribution is 0.438. The molecule has 0 aliphatic carbocycles. The molecule has 0 aromatic heterocycles. The normalized spacial score (nSPS) is 13.5. The van der Waals surface area contributed by atoms with Crippen molar-refractivity contribution in [3.63, 3.8) is 0 Å². The summed E-state index contributed by atoms with van der Waals surface area (Å²) in [5.74, 6) is 0.553. The van der Waals surface area contributed by atoms with Crippen molar-refractivity contribution in [3.8, 4) is 0 Å². The van der Waals surface area contributed by atoms with E-state index in [1.165, 1.54) is 12.1 Å². The standard InChI is InChI=1S/C13H23N3O2S/c1-4-10(5-2)9(3)16-13-7-6-11(8-12(13)14)19(15,17)18/h6-10,16H,4-5,14H2,1-3H3,(H2,15,17,18). The molecule has 0 saturated carbocycles. The summed E-state index contributed by atoms with van der Waals surface area (Å²) in [7, 11) is -3.70. The van der Waals surface area contributed by atoms with Crippen LogP contribution in [0.5, 0.6) is 0 Å². The van der Waals surface area contributed by atoms with Crippen LogP contribution in [0.4, 0.5) is 11.4 Å². The fourth-order valence-electron chi connectivity index (χ4n) is 2.21. The Hall–Kier alpha value is -1.27. The Bertz CT molecular complexity index is 525. The summed E-state index contributed by atoms with van der Waals surface area (Å²) < 4.78 is 22.4. The van der Waals surface area contributed by atoms with Crippen LogP contribution < -0.4 is 16.2 Å². The van der Waals surface area contributed by atoms with Crippen molar-refractivity contribution in [3.05, 3.63) is 18.2 Å². The number of sulfonamides is 1. The highest BCUT2D eigenvalue weighted by Crippen LogP contribution is 2.25. The molecule has 0 saturated heterocycles. The molecule has 5 N–H and O–H groups in total. The molecule has 0 fully saturated rings. The van der Waals surface area contributed by atoms with Crippen molar-refractivity contribution in [1.82, 2.24) is 0 Å². The highest BCUT2D eigenvalue weighted by Gasteiger charge is 2.15. The Morgan fingerprint density at radius 2 is 1.84 bits per heavy atom. The van der Waals surface area contributed by atoms with Crippen LogP contribution in [0.2, 0.25) is 0 Å². The van der Waals surface area contributed by atoms with Gasteiger partial charge in [-0.15, -0.1) is 0 Å². The van der Waals surface area contributed by atoms with Gasteiger partial charge < -0.3 is 11.1 Å². The van der Waals surface area contributed by atoms with Gasteiger partial charge in [-0.05, 0) is 31.0 Å². The predicted octanol–water partition coefficient (Wildman–Crippen LogP) is 2.15. The fourth-order valence-corrected chi connectivity index (χ4v) is 2.76. The molecule has 0 bridgehead atoms. The Balaban J connectivity index is 2.92. The van der Waals surface area contributed by atoms with Gasteiger partial charge in [0, 0.05) is 6.04 Å². The summed E-state index contributed by atoms with van der Waals surface area (Å²) in [6.07, 6.45) is 2.17. The summed E-state index contributed by atoms with van der Waals surface area (Å²) in [6.45, 7) is 6.41. The maximum absolute atomic E-state index is 11.2. The third kappa shape index (κ3) is 4.11. The smallest absolute Gasteiger partial charge is 0.238 e. The van der Waals surface area contributed by atoms with Crippen molar-refractivity contribution >= 4 is 21.4 Å². The van der Waals surface area contributed by atoms with E-state index in [0.29, 0.717) is 11.6 Å². The zero-order chi connectivity index (χ0) is 14.6. The van der Waals surface area contributed by atoms with Gasteiger partial charge in [0.25, 0.3) is 0 Å². The van der Waals surface area contributed by atoms with Crippen LogP contribution in [0.1, 0.15) is 33.6 Å². The monoisotopic (exact) mass is 285 g/mol. The lowest BCUT2D eigenvalue weighted by atomic mass is 9.95. The number of primary sulfonamides is 1. The molecule has 0 radical (unpaired) electrons. The Labute approximate surface area is 115 Å². The molecule has 0 aliphatic heterocycles. The first-order valence-electron chi connectivity index (χ1n) is 6.48. The molecule has 108 valence electrons. The largest absolute Gasteiger partial charge is 0.397 e. The van der Waals surface area contributed by atoms with E-state index in [9.17, 15) is 8.42 Å². The summed E-state index contributed by atoms with van der Waals surface area (Å²) in [6, 6.07) is 4.79. The topological polar surface area (TPSA) is 98.2 Å². The highest BCUT2D eigenvalue weighted by molar-refractivity contribution is 7.89. The molecule has 0 aliphatic rings. The molecule has 19 heavy (non-hydrogen) atoms. The molecule has 1 aromatic carbocycles. The SMILES string of the molecule is CCC(CC)C(C)Nc1ccc(S(N)(=O)=O)cc1N. The third-order valence-electron chi connectivity index (χ3n) is 3.49. The maximum Gasteiger partial charge on any atom is 0.238 e. The van der Waals surface area contributed by atoms with Crippen LogP contribution in [-0.4, -0.2) is 14.5 Å². The minimum atomic E-state index is -3.70. The first kappa shape index (κ1) is 15.8. The quantitative estimate of drug-likeness (QED) is 0.697. The number of nitrogens with two attached hydrogens (primary N) is 2. The summed E-state index contributed by atoms with van der Waals surface area (Å²) in [5.41, 5.74) is 7.00. The molecular formula is C13H23N3O2S. The van der Waals surface area contributed by atoms with Crippen LogP contribution in [-0.2, 0) is 10.0 Å². The van der Waals surface area contributed by atoms with Gasteiger partial charge in [-0.1, -0.05) is 26.7 Å². The minimum absolute atomic E-state index is 0.0331. The molecular weight excluding hydrogens is 262 g/mol. The predicted molar refractivity (Wildman–Crippen MR) is 79.4 cm³/mol. The van der Waals surface area contributed by atoms with E-state index < -0.39 is 10.0 Å². The fraction of sp³-hybridized carbons (Fsp3) is 0.538. The number of hydrogen-bond donors (Lipinski definition) is 3. The van der Waals surface area contributed by atoms with Crippen LogP contribution in [0.15, 0.2) is 23.1 Å². The molecule has 0 amide bonds. The summed E-state index contributed by atoms with van der Waals surface area (Å²) in [4.78, 5) is 0.0331. The Morgan fingerprint density at radius 3 is 2.26 bits per heavy atom. The lowest BCUT2D eigenvalue weighted by Gasteiger charge is -2.24. The van der Waals surface area contributed by atoms with Gasteiger partial charge in [0.2, 0.25) is 10.0 Å². The van der Waals surface area contributed by atoms with Gasteiger partial charge in [0.15, 0.2) is 0 Å². The third-order valence-corrected chi connectivity index (χ3v) is 4.40. The van der Waals surface area contributed by atoms with Gasteiger partial charge in [0.05, 0.1) is 16.3 Å². The second kappa shape index (κ2) is 6.25.